The highest BCUT2D eigenvalue weighted by Gasteiger charge is 2.35. The van der Waals surface area contributed by atoms with Crippen LogP contribution in [0.3, 0.4) is 0 Å². The molecular weight excluding hydrogens is 350 g/mol. The van der Waals surface area contributed by atoms with Gasteiger partial charge in [0.25, 0.3) is 10.0 Å². The van der Waals surface area contributed by atoms with Crippen LogP contribution in [0.1, 0.15) is 5.56 Å². The normalized spacial score (nSPS) is 22.8. The molecule has 2 heterocycles. The molecule has 2 N–H and O–H groups in total. The molecule has 0 aliphatic carbocycles. The third kappa shape index (κ3) is 3.03. The molecular formula is C11H18BrN3O2S2. The molecule has 0 radical (unpaired) electrons. The zero-order chi connectivity index (χ0) is 14.2. The fraction of sp³-hybridized carbons (Fsp3) is 0.636. The highest BCUT2D eigenvalue weighted by molar-refractivity contribution is 9.11. The van der Waals surface area contributed by atoms with Crippen LogP contribution in [-0.4, -0.2) is 56.9 Å². The number of nitrogens with two attached hydrogens (primary N) is 1. The van der Waals surface area contributed by atoms with Crippen molar-refractivity contribution in [3.05, 3.63) is 15.4 Å². The highest BCUT2D eigenvalue weighted by Crippen LogP contribution is 2.33. The number of hydrogen-bond donors (Lipinski definition) is 1. The van der Waals surface area contributed by atoms with Gasteiger partial charge < -0.3 is 10.6 Å². The highest BCUT2D eigenvalue weighted by atomic mass is 79.9. The van der Waals surface area contributed by atoms with E-state index >= 15 is 0 Å². The summed E-state index contributed by atoms with van der Waals surface area (Å²) in [7, 11) is -1.45. The molecule has 1 aromatic heterocycles. The van der Waals surface area contributed by atoms with Gasteiger partial charge in [0, 0.05) is 26.2 Å². The molecule has 5 nitrogen and oxygen atoms in total. The lowest BCUT2D eigenvalue weighted by atomic mass is 10.2. The average molecular weight is 368 g/mol. The molecule has 0 bridgehead atoms. The first-order valence-corrected chi connectivity index (χ1v) is 9.07. The summed E-state index contributed by atoms with van der Waals surface area (Å²) in [6, 6.07) is 1.57. The molecule has 19 heavy (non-hydrogen) atoms. The van der Waals surface area contributed by atoms with Crippen LogP contribution in [0.15, 0.2) is 14.1 Å². The quantitative estimate of drug-likeness (QED) is 0.867. The molecule has 8 heteroatoms. The minimum atomic E-state index is -3.43. The van der Waals surface area contributed by atoms with Crippen molar-refractivity contribution in [1.82, 2.24) is 9.21 Å². The van der Waals surface area contributed by atoms with Crippen molar-refractivity contribution in [3.8, 4) is 0 Å². The lowest BCUT2D eigenvalue weighted by molar-refractivity contribution is 0.164. The number of rotatable bonds is 3. The first-order valence-electron chi connectivity index (χ1n) is 6.02. The maximum absolute atomic E-state index is 12.7. The Morgan fingerprint density at radius 2 is 2.21 bits per heavy atom. The van der Waals surface area contributed by atoms with Crippen LogP contribution in [-0.2, 0) is 10.0 Å². The van der Waals surface area contributed by atoms with Crippen molar-refractivity contribution in [1.29, 1.82) is 0 Å². The van der Waals surface area contributed by atoms with Crippen LogP contribution in [0.2, 0.25) is 0 Å². The summed E-state index contributed by atoms with van der Waals surface area (Å²) in [5, 5.41) is 0. The van der Waals surface area contributed by atoms with Crippen LogP contribution in [0.25, 0.3) is 0 Å². The summed E-state index contributed by atoms with van der Waals surface area (Å²) in [6.45, 7) is 4.15. The molecule has 0 amide bonds. The summed E-state index contributed by atoms with van der Waals surface area (Å²) in [4.78, 5) is 2.11. The van der Waals surface area contributed by atoms with Gasteiger partial charge in [0.05, 0.1) is 9.83 Å². The Kier molecular flexibility index (Phi) is 4.69. The van der Waals surface area contributed by atoms with E-state index < -0.39 is 10.0 Å². The minimum Gasteiger partial charge on any atom is -0.329 e. The standard InChI is InChI=1S/C11H18BrN3O2S2/c1-8-5-10(18-11(8)12)19(16,17)15-4-3-14(2)7-9(15)6-13/h5,9H,3-4,6-7,13H2,1-2H3. The van der Waals surface area contributed by atoms with Gasteiger partial charge in [-0.05, 0) is 41.5 Å². The molecule has 1 aliphatic rings. The molecule has 1 aliphatic heterocycles. The van der Waals surface area contributed by atoms with Gasteiger partial charge in [-0.2, -0.15) is 4.31 Å². The molecule has 1 saturated heterocycles. The van der Waals surface area contributed by atoms with Crippen molar-refractivity contribution in [3.63, 3.8) is 0 Å². The summed E-state index contributed by atoms with van der Waals surface area (Å²) in [6.07, 6.45) is 0. The van der Waals surface area contributed by atoms with E-state index in [1.54, 1.807) is 10.4 Å². The van der Waals surface area contributed by atoms with Gasteiger partial charge in [-0.3, -0.25) is 0 Å². The number of nitrogens with zero attached hydrogens (tertiary/aromatic N) is 2. The Bertz CT molecular complexity index is 539. The van der Waals surface area contributed by atoms with Crippen molar-refractivity contribution < 1.29 is 8.42 Å². The number of likely N-dealkylation sites (N-methyl/N-ethyl adjacent to an activating group) is 1. The lowest BCUT2D eigenvalue weighted by Gasteiger charge is -2.38. The SMILES string of the molecule is Cc1cc(S(=O)(=O)N2CCN(C)CC2CN)sc1Br. The van der Waals surface area contributed by atoms with Crippen LogP contribution < -0.4 is 5.73 Å². The fourth-order valence-electron chi connectivity index (χ4n) is 2.18. The van der Waals surface area contributed by atoms with Crippen molar-refractivity contribution in [2.24, 2.45) is 5.73 Å². The largest absolute Gasteiger partial charge is 0.329 e. The van der Waals surface area contributed by atoms with Gasteiger partial charge in [-0.15, -0.1) is 11.3 Å². The summed E-state index contributed by atoms with van der Waals surface area (Å²) < 4.78 is 28.1. The van der Waals surface area contributed by atoms with Crippen LogP contribution in [0.5, 0.6) is 0 Å². The first kappa shape index (κ1) is 15.4. The molecule has 108 valence electrons. The van der Waals surface area contributed by atoms with E-state index in [0.29, 0.717) is 23.8 Å². The zero-order valence-corrected chi connectivity index (χ0v) is 14.2. The van der Waals surface area contributed by atoms with Crippen LogP contribution in [0.4, 0.5) is 0 Å². The zero-order valence-electron chi connectivity index (χ0n) is 11.0. The van der Waals surface area contributed by atoms with Gasteiger partial charge in [0.2, 0.25) is 0 Å². The third-order valence-electron chi connectivity index (χ3n) is 3.30. The summed E-state index contributed by atoms with van der Waals surface area (Å²) in [5.74, 6) is 0. The molecule has 1 unspecified atom stereocenters. The van der Waals surface area contributed by atoms with Gasteiger partial charge in [0.1, 0.15) is 4.21 Å². The van der Waals surface area contributed by atoms with Crippen molar-refractivity contribution in [2.45, 2.75) is 17.2 Å². The van der Waals surface area contributed by atoms with Gasteiger partial charge in [0.15, 0.2) is 0 Å². The molecule has 0 spiro atoms. The van der Waals surface area contributed by atoms with E-state index in [1.165, 1.54) is 11.3 Å². The fourth-order valence-corrected chi connectivity index (χ4v) is 6.15. The van der Waals surface area contributed by atoms with E-state index in [0.717, 1.165) is 15.9 Å². The van der Waals surface area contributed by atoms with E-state index in [1.807, 2.05) is 14.0 Å². The maximum Gasteiger partial charge on any atom is 0.252 e. The van der Waals surface area contributed by atoms with E-state index in [-0.39, 0.29) is 6.04 Å². The number of hydrogen-bond acceptors (Lipinski definition) is 5. The van der Waals surface area contributed by atoms with Crippen LogP contribution >= 0.6 is 27.3 Å². The molecule has 2 rings (SSSR count). The average Bonchev–Trinajstić information content (AvgIpc) is 2.70. The topological polar surface area (TPSA) is 66.6 Å². The van der Waals surface area contributed by atoms with E-state index in [4.69, 9.17) is 5.73 Å². The molecule has 1 fully saturated rings. The van der Waals surface area contributed by atoms with Gasteiger partial charge >= 0.3 is 0 Å². The molecule has 0 saturated carbocycles. The van der Waals surface area contributed by atoms with Crippen molar-refractivity contribution >= 4 is 37.3 Å². The number of piperazine rings is 1. The second-order valence-corrected chi connectivity index (χ2v) is 9.28. The van der Waals surface area contributed by atoms with Crippen LogP contribution in [0, 0.1) is 6.92 Å². The smallest absolute Gasteiger partial charge is 0.252 e. The summed E-state index contributed by atoms with van der Waals surface area (Å²) in [5.41, 5.74) is 6.67. The summed E-state index contributed by atoms with van der Waals surface area (Å²) >= 11 is 4.64. The molecule has 1 aromatic rings. The minimum absolute atomic E-state index is 0.148. The second-order valence-electron chi connectivity index (χ2n) is 4.79. The number of aryl methyl sites for hydroxylation is 1. The lowest BCUT2D eigenvalue weighted by Crippen LogP contribution is -2.56. The Labute approximate surface area is 126 Å². The first-order chi connectivity index (χ1) is 8.86. The Hall–Kier alpha value is 0.01000. The predicted molar refractivity (Wildman–Crippen MR) is 81.0 cm³/mol. The predicted octanol–water partition coefficient (Wildman–Crippen LogP) is 1.08. The maximum atomic E-state index is 12.7. The van der Waals surface area contributed by atoms with Gasteiger partial charge in [-0.25, -0.2) is 8.42 Å². The Morgan fingerprint density at radius 3 is 2.74 bits per heavy atom. The van der Waals surface area contributed by atoms with Crippen molar-refractivity contribution in [2.75, 3.05) is 33.2 Å². The van der Waals surface area contributed by atoms with Gasteiger partial charge in [-0.1, -0.05) is 0 Å². The number of thiophene rings is 1. The second kappa shape index (κ2) is 5.79. The number of sulfonamides is 1. The Balaban J connectivity index is 2.33. The Morgan fingerprint density at radius 1 is 1.53 bits per heavy atom. The number of halogens is 1. The van der Waals surface area contributed by atoms with E-state index in [2.05, 4.69) is 20.8 Å². The molecule has 1 atom stereocenters. The monoisotopic (exact) mass is 367 g/mol. The third-order valence-corrected chi connectivity index (χ3v) is 7.84. The molecule has 0 aromatic carbocycles. The van der Waals surface area contributed by atoms with E-state index in [9.17, 15) is 8.42 Å².